The number of aryl methyl sites for hydroxylation is 1. The quantitative estimate of drug-likeness (QED) is 0.597. The molecule has 1 unspecified atom stereocenters. The second-order valence-electron chi connectivity index (χ2n) is 6.92. The number of methoxy groups -OCH3 is 1. The van der Waals surface area contributed by atoms with E-state index < -0.39 is 0 Å². The van der Waals surface area contributed by atoms with Gasteiger partial charge in [0.1, 0.15) is 17.1 Å². The molecule has 0 radical (unpaired) electrons. The van der Waals surface area contributed by atoms with Crippen LogP contribution in [-0.4, -0.2) is 37.6 Å². The number of carbonyl (C=O) groups excluding carboxylic acids is 1. The molecule has 1 N–H and O–H groups in total. The molecule has 6 heteroatoms. The van der Waals surface area contributed by atoms with Crippen LogP contribution in [0, 0.1) is 12.7 Å². The summed E-state index contributed by atoms with van der Waals surface area (Å²) in [4.78, 5) is 15.1. The Morgan fingerprint density at radius 1 is 1.21 bits per heavy atom. The highest BCUT2D eigenvalue weighted by atomic mass is 19.1. The van der Waals surface area contributed by atoms with E-state index >= 15 is 0 Å². The van der Waals surface area contributed by atoms with Gasteiger partial charge in [-0.25, -0.2) is 4.39 Å². The first-order chi connectivity index (χ1) is 14.0. The number of nitrogens with one attached hydrogen (secondary N) is 1. The van der Waals surface area contributed by atoms with Crippen molar-refractivity contribution in [2.75, 3.05) is 26.7 Å². The molecule has 0 aliphatic heterocycles. The average Bonchev–Trinajstić information content (AvgIpc) is 3.07. The number of amides is 1. The fourth-order valence-electron chi connectivity index (χ4n) is 3.65. The Bertz CT molecular complexity index is 995. The molecule has 0 aliphatic rings. The van der Waals surface area contributed by atoms with E-state index in [4.69, 9.17) is 9.15 Å². The summed E-state index contributed by atoms with van der Waals surface area (Å²) in [5.41, 5.74) is 2.21. The minimum absolute atomic E-state index is 0.00817. The van der Waals surface area contributed by atoms with Crippen LogP contribution in [0.3, 0.4) is 0 Å². The lowest BCUT2D eigenvalue weighted by molar-refractivity contribution is 0.0908. The largest absolute Gasteiger partial charge is 0.497 e. The number of nitrogens with zero attached hydrogens (tertiary/aromatic N) is 1. The van der Waals surface area contributed by atoms with E-state index in [1.165, 1.54) is 12.1 Å². The standard InChI is InChI=1S/C23H27FN2O3/c1-5-26(6-2)20(16-8-7-9-18(12-16)28-4)14-25-23(27)22-15(3)19-13-17(24)10-11-21(19)29-22/h7-13,20H,5-6,14H2,1-4H3,(H,25,27). The number of carbonyl (C=O) groups is 1. The molecule has 2 aromatic carbocycles. The molecule has 0 fully saturated rings. The molecular formula is C23H27FN2O3. The Morgan fingerprint density at radius 3 is 2.66 bits per heavy atom. The highest BCUT2D eigenvalue weighted by molar-refractivity contribution is 5.98. The van der Waals surface area contributed by atoms with Gasteiger partial charge in [0.2, 0.25) is 0 Å². The van der Waals surface area contributed by atoms with Gasteiger partial charge in [-0.05, 0) is 55.9 Å². The number of hydrogen-bond acceptors (Lipinski definition) is 4. The van der Waals surface area contributed by atoms with Gasteiger partial charge in [-0.1, -0.05) is 26.0 Å². The van der Waals surface area contributed by atoms with Crippen molar-refractivity contribution in [3.05, 3.63) is 65.2 Å². The molecule has 1 aromatic heterocycles. The van der Waals surface area contributed by atoms with Crippen molar-refractivity contribution in [1.82, 2.24) is 10.2 Å². The zero-order valence-electron chi connectivity index (χ0n) is 17.3. The summed E-state index contributed by atoms with van der Waals surface area (Å²) in [6.45, 7) is 8.06. The van der Waals surface area contributed by atoms with Crippen LogP contribution in [0.2, 0.25) is 0 Å². The van der Waals surface area contributed by atoms with Gasteiger partial charge in [0.05, 0.1) is 13.2 Å². The van der Waals surface area contributed by atoms with Gasteiger partial charge in [0.15, 0.2) is 5.76 Å². The highest BCUT2D eigenvalue weighted by Crippen LogP contribution is 2.27. The van der Waals surface area contributed by atoms with Crippen molar-refractivity contribution in [3.63, 3.8) is 0 Å². The monoisotopic (exact) mass is 398 g/mol. The van der Waals surface area contributed by atoms with Gasteiger partial charge in [-0.2, -0.15) is 0 Å². The summed E-state index contributed by atoms with van der Waals surface area (Å²) in [6.07, 6.45) is 0. The fourth-order valence-corrected chi connectivity index (χ4v) is 3.65. The van der Waals surface area contributed by atoms with Crippen molar-refractivity contribution in [2.24, 2.45) is 0 Å². The van der Waals surface area contributed by atoms with Crippen LogP contribution in [-0.2, 0) is 0 Å². The predicted octanol–water partition coefficient (Wildman–Crippen LogP) is 4.70. The zero-order valence-corrected chi connectivity index (χ0v) is 17.3. The maximum absolute atomic E-state index is 13.5. The number of halogens is 1. The summed E-state index contributed by atoms with van der Waals surface area (Å²) < 4.78 is 24.6. The Morgan fingerprint density at radius 2 is 1.97 bits per heavy atom. The van der Waals surface area contributed by atoms with E-state index in [0.29, 0.717) is 23.1 Å². The molecule has 1 atom stereocenters. The lowest BCUT2D eigenvalue weighted by Gasteiger charge is -2.30. The van der Waals surface area contributed by atoms with E-state index in [1.54, 1.807) is 20.1 Å². The lowest BCUT2D eigenvalue weighted by Crippen LogP contribution is -2.38. The molecule has 3 aromatic rings. The van der Waals surface area contributed by atoms with Crippen LogP contribution >= 0.6 is 0 Å². The van der Waals surface area contributed by atoms with E-state index in [1.807, 2.05) is 24.3 Å². The van der Waals surface area contributed by atoms with Gasteiger partial charge >= 0.3 is 0 Å². The summed E-state index contributed by atoms with van der Waals surface area (Å²) in [6, 6.07) is 12.1. The Balaban J connectivity index is 1.83. The summed E-state index contributed by atoms with van der Waals surface area (Å²) >= 11 is 0. The van der Waals surface area contributed by atoms with Crippen molar-refractivity contribution < 1.29 is 18.3 Å². The molecule has 3 rings (SSSR count). The maximum atomic E-state index is 13.5. The van der Waals surface area contributed by atoms with Gasteiger partial charge in [0, 0.05) is 17.5 Å². The van der Waals surface area contributed by atoms with Crippen LogP contribution in [0.25, 0.3) is 11.0 Å². The normalized spacial score (nSPS) is 12.3. The van der Waals surface area contributed by atoms with Crippen LogP contribution in [0.4, 0.5) is 4.39 Å². The van der Waals surface area contributed by atoms with E-state index in [0.717, 1.165) is 24.4 Å². The first kappa shape index (κ1) is 20.9. The van der Waals surface area contributed by atoms with Crippen molar-refractivity contribution in [3.8, 4) is 5.75 Å². The number of likely N-dealkylation sites (N-methyl/N-ethyl adjacent to an activating group) is 1. The molecular weight excluding hydrogens is 371 g/mol. The average molecular weight is 398 g/mol. The zero-order chi connectivity index (χ0) is 21.0. The minimum atomic E-state index is -0.354. The third-order valence-corrected chi connectivity index (χ3v) is 5.29. The predicted molar refractivity (Wildman–Crippen MR) is 112 cm³/mol. The second kappa shape index (κ2) is 9.09. The summed E-state index contributed by atoms with van der Waals surface area (Å²) in [5.74, 6) is 0.336. The van der Waals surface area contributed by atoms with Crippen molar-refractivity contribution >= 4 is 16.9 Å². The number of furan rings is 1. The second-order valence-corrected chi connectivity index (χ2v) is 6.92. The Hall–Kier alpha value is -2.86. The van der Waals surface area contributed by atoms with Crippen LogP contribution in [0.1, 0.15) is 41.6 Å². The molecule has 0 saturated heterocycles. The Labute approximate surface area is 170 Å². The van der Waals surface area contributed by atoms with Crippen LogP contribution in [0.5, 0.6) is 5.75 Å². The molecule has 0 aliphatic carbocycles. The van der Waals surface area contributed by atoms with Gasteiger partial charge in [0.25, 0.3) is 5.91 Å². The van der Waals surface area contributed by atoms with Crippen LogP contribution < -0.4 is 10.1 Å². The lowest BCUT2D eigenvalue weighted by atomic mass is 10.0. The maximum Gasteiger partial charge on any atom is 0.287 e. The van der Waals surface area contributed by atoms with Crippen molar-refractivity contribution in [1.29, 1.82) is 0 Å². The number of ether oxygens (including phenoxy) is 1. The molecule has 5 nitrogen and oxygen atoms in total. The number of fused-ring (bicyclic) bond motifs is 1. The SMILES string of the molecule is CCN(CC)C(CNC(=O)c1oc2ccc(F)cc2c1C)c1cccc(OC)c1. The number of rotatable bonds is 8. The smallest absolute Gasteiger partial charge is 0.287 e. The van der Waals surface area contributed by atoms with E-state index in [-0.39, 0.29) is 23.5 Å². The molecule has 29 heavy (non-hydrogen) atoms. The van der Waals surface area contributed by atoms with E-state index in [2.05, 4.69) is 24.1 Å². The van der Waals surface area contributed by atoms with Crippen LogP contribution in [0.15, 0.2) is 46.9 Å². The van der Waals surface area contributed by atoms with Crippen molar-refractivity contribution in [2.45, 2.75) is 26.8 Å². The summed E-state index contributed by atoms with van der Waals surface area (Å²) in [7, 11) is 1.64. The number of hydrogen-bond donors (Lipinski definition) is 1. The molecule has 0 bridgehead atoms. The third kappa shape index (κ3) is 4.43. The topological polar surface area (TPSA) is 54.7 Å². The fraction of sp³-hybridized carbons (Fsp3) is 0.348. The molecule has 154 valence electrons. The van der Waals surface area contributed by atoms with E-state index in [9.17, 15) is 9.18 Å². The molecule has 1 heterocycles. The van der Waals surface area contributed by atoms with Gasteiger partial charge in [-0.3, -0.25) is 9.69 Å². The number of benzene rings is 2. The summed E-state index contributed by atoms with van der Waals surface area (Å²) in [5, 5.41) is 3.61. The first-order valence-electron chi connectivity index (χ1n) is 9.83. The highest BCUT2D eigenvalue weighted by Gasteiger charge is 2.22. The third-order valence-electron chi connectivity index (χ3n) is 5.29. The van der Waals surface area contributed by atoms with Gasteiger partial charge < -0.3 is 14.5 Å². The minimum Gasteiger partial charge on any atom is -0.497 e. The molecule has 0 saturated carbocycles. The molecule has 1 amide bonds. The van der Waals surface area contributed by atoms with Gasteiger partial charge in [-0.15, -0.1) is 0 Å². The first-order valence-corrected chi connectivity index (χ1v) is 9.83. The Kier molecular flexibility index (Phi) is 6.54. The molecule has 0 spiro atoms.